The Labute approximate surface area is 119 Å². The summed E-state index contributed by atoms with van der Waals surface area (Å²) in [5.74, 6) is 0.952. The van der Waals surface area contributed by atoms with Crippen molar-refractivity contribution in [3.05, 3.63) is 18.1 Å². The lowest BCUT2D eigenvalue weighted by molar-refractivity contribution is 0.226. The van der Waals surface area contributed by atoms with E-state index >= 15 is 0 Å². The van der Waals surface area contributed by atoms with Gasteiger partial charge in [-0.1, -0.05) is 25.1 Å². The molecular formula is C14H20N4S. The molecule has 1 saturated heterocycles. The molecule has 0 radical (unpaired) electrons. The topological polar surface area (TPSA) is 55.0 Å². The Morgan fingerprint density at radius 3 is 2.32 bits per heavy atom. The van der Waals surface area contributed by atoms with Crippen LogP contribution in [-0.2, 0) is 0 Å². The molecule has 0 atom stereocenters. The van der Waals surface area contributed by atoms with E-state index in [1.165, 1.54) is 38.5 Å². The Balaban J connectivity index is 1.66. The summed E-state index contributed by atoms with van der Waals surface area (Å²) in [6, 6.07) is 0. The zero-order valence-electron chi connectivity index (χ0n) is 11.1. The molecule has 5 heteroatoms. The zero-order valence-corrected chi connectivity index (χ0v) is 12.0. The number of nitrogens with zero attached hydrogens (tertiary/aromatic N) is 3. The molecule has 0 aromatic carbocycles. The molecule has 3 rings (SSSR count). The van der Waals surface area contributed by atoms with Crippen molar-refractivity contribution in [1.82, 2.24) is 9.97 Å². The van der Waals surface area contributed by atoms with Crippen molar-refractivity contribution in [3.8, 4) is 0 Å². The number of nitrogens with two attached hydrogens (primary N) is 1. The van der Waals surface area contributed by atoms with Crippen LogP contribution < -0.4 is 10.6 Å². The Morgan fingerprint density at radius 1 is 1.11 bits per heavy atom. The number of piperidine rings is 1. The first-order chi connectivity index (χ1) is 9.19. The summed E-state index contributed by atoms with van der Waals surface area (Å²) in [4.78, 5) is 11.3. The van der Waals surface area contributed by atoms with Crippen molar-refractivity contribution in [3.63, 3.8) is 0 Å². The second kappa shape index (κ2) is 5.04. The monoisotopic (exact) mass is 276 g/mol. The van der Waals surface area contributed by atoms with E-state index < -0.39 is 0 Å². The van der Waals surface area contributed by atoms with Crippen LogP contribution in [-0.4, -0.2) is 28.0 Å². The molecule has 2 fully saturated rings. The summed E-state index contributed by atoms with van der Waals surface area (Å²) in [6.45, 7) is 2.20. The van der Waals surface area contributed by atoms with Crippen molar-refractivity contribution in [1.29, 1.82) is 0 Å². The summed E-state index contributed by atoms with van der Waals surface area (Å²) in [5.41, 5.74) is 6.78. The van der Waals surface area contributed by atoms with Gasteiger partial charge in [-0.05, 0) is 31.1 Å². The quantitative estimate of drug-likeness (QED) is 0.840. The molecule has 2 aliphatic rings. The number of hydrogen-bond donors (Lipinski definition) is 1. The van der Waals surface area contributed by atoms with Crippen LogP contribution in [0.25, 0.3) is 0 Å². The predicted octanol–water partition coefficient (Wildman–Crippen LogP) is 2.27. The standard InChI is InChI=1S/C14H20N4S/c15-13(19)11-9-17-12(10-16-11)18-7-5-14(6-8-18)3-1-2-4-14/h9-10H,1-8H2,(H2,15,19). The largest absolute Gasteiger partial charge is 0.388 e. The molecule has 1 aliphatic carbocycles. The summed E-state index contributed by atoms with van der Waals surface area (Å²) < 4.78 is 0. The molecule has 4 nitrogen and oxygen atoms in total. The number of aromatic nitrogens is 2. The van der Waals surface area contributed by atoms with Gasteiger partial charge in [-0.15, -0.1) is 0 Å². The van der Waals surface area contributed by atoms with Crippen LogP contribution in [0.15, 0.2) is 12.4 Å². The summed E-state index contributed by atoms with van der Waals surface area (Å²) in [6.07, 6.45) is 11.8. The van der Waals surface area contributed by atoms with E-state index in [0.717, 1.165) is 18.9 Å². The first-order valence-corrected chi connectivity index (χ1v) is 7.46. The van der Waals surface area contributed by atoms with Crippen LogP contribution in [0, 0.1) is 5.41 Å². The van der Waals surface area contributed by atoms with Crippen LogP contribution in [0.2, 0.25) is 0 Å². The Bertz CT molecular complexity index is 455. The molecule has 1 spiro atoms. The minimum atomic E-state index is 0.308. The van der Waals surface area contributed by atoms with E-state index in [-0.39, 0.29) is 0 Å². The van der Waals surface area contributed by atoms with Gasteiger partial charge < -0.3 is 10.6 Å². The third kappa shape index (κ3) is 2.56. The lowest BCUT2D eigenvalue weighted by Gasteiger charge is -2.39. The van der Waals surface area contributed by atoms with Crippen molar-refractivity contribution in [2.75, 3.05) is 18.0 Å². The van der Waals surface area contributed by atoms with E-state index in [1.54, 1.807) is 12.4 Å². The van der Waals surface area contributed by atoms with Gasteiger partial charge in [0, 0.05) is 13.1 Å². The maximum Gasteiger partial charge on any atom is 0.147 e. The Morgan fingerprint density at radius 2 is 1.79 bits per heavy atom. The molecule has 0 amide bonds. The van der Waals surface area contributed by atoms with E-state index in [9.17, 15) is 0 Å². The second-order valence-corrected chi connectivity index (χ2v) is 6.26. The highest BCUT2D eigenvalue weighted by Crippen LogP contribution is 2.46. The lowest BCUT2D eigenvalue weighted by Crippen LogP contribution is -2.39. The van der Waals surface area contributed by atoms with Gasteiger partial charge in [-0.25, -0.2) is 9.97 Å². The van der Waals surface area contributed by atoms with E-state index in [2.05, 4.69) is 14.9 Å². The molecule has 0 bridgehead atoms. The highest BCUT2D eigenvalue weighted by molar-refractivity contribution is 7.80. The van der Waals surface area contributed by atoms with Crippen molar-refractivity contribution in [2.45, 2.75) is 38.5 Å². The molecule has 19 heavy (non-hydrogen) atoms. The van der Waals surface area contributed by atoms with Crippen molar-refractivity contribution in [2.24, 2.45) is 11.1 Å². The zero-order chi connectivity index (χ0) is 13.3. The minimum absolute atomic E-state index is 0.308. The van der Waals surface area contributed by atoms with E-state index in [0.29, 0.717) is 16.1 Å². The van der Waals surface area contributed by atoms with Crippen LogP contribution in [0.5, 0.6) is 0 Å². The molecule has 2 N–H and O–H groups in total. The van der Waals surface area contributed by atoms with Gasteiger partial charge in [0.1, 0.15) is 16.5 Å². The fourth-order valence-corrected chi connectivity index (χ4v) is 3.55. The third-order valence-electron chi connectivity index (χ3n) is 4.70. The third-order valence-corrected chi connectivity index (χ3v) is 4.91. The Kier molecular flexibility index (Phi) is 3.39. The van der Waals surface area contributed by atoms with Crippen LogP contribution in [0.1, 0.15) is 44.2 Å². The fourth-order valence-electron chi connectivity index (χ4n) is 3.45. The smallest absolute Gasteiger partial charge is 0.147 e. The first kappa shape index (κ1) is 12.8. The average molecular weight is 276 g/mol. The van der Waals surface area contributed by atoms with E-state index in [4.69, 9.17) is 18.0 Å². The number of thiocarbonyl (C=S) groups is 1. The highest BCUT2D eigenvalue weighted by Gasteiger charge is 2.37. The van der Waals surface area contributed by atoms with E-state index in [1.807, 2.05) is 0 Å². The predicted molar refractivity (Wildman–Crippen MR) is 80.3 cm³/mol. The summed E-state index contributed by atoms with van der Waals surface area (Å²) >= 11 is 4.89. The van der Waals surface area contributed by atoms with Crippen LogP contribution >= 0.6 is 12.2 Å². The number of rotatable bonds is 2. The molecule has 0 unspecified atom stereocenters. The van der Waals surface area contributed by atoms with Gasteiger partial charge in [0.25, 0.3) is 0 Å². The number of hydrogen-bond acceptors (Lipinski definition) is 4. The van der Waals surface area contributed by atoms with Crippen molar-refractivity contribution >= 4 is 23.0 Å². The fraction of sp³-hybridized carbons (Fsp3) is 0.643. The molecule has 1 saturated carbocycles. The SMILES string of the molecule is NC(=S)c1cnc(N2CCC3(CCCC3)CC2)cn1. The molecule has 102 valence electrons. The molecular weight excluding hydrogens is 256 g/mol. The molecule has 2 heterocycles. The normalized spacial score (nSPS) is 21.8. The number of anilines is 1. The van der Waals surface area contributed by atoms with Gasteiger partial charge in [-0.3, -0.25) is 0 Å². The highest BCUT2D eigenvalue weighted by atomic mass is 32.1. The molecule has 1 aromatic rings. The van der Waals surface area contributed by atoms with Gasteiger partial charge in [-0.2, -0.15) is 0 Å². The first-order valence-electron chi connectivity index (χ1n) is 7.05. The van der Waals surface area contributed by atoms with Gasteiger partial charge in [0.2, 0.25) is 0 Å². The second-order valence-electron chi connectivity index (χ2n) is 5.82. The molecule has 1 aromatic heterocycles. The van der Waals surface area contributed by atoms with Crippen LogP contribution in [0.3, 0.4) is 0 Å². The van der Waals surface area contributed by atoms with Gasteiger partial charge in [0.05, 0.1) is 12.4 Å². The summed E-state index contributed by atoms with van der Waals surface area (Å²) in [7, 11) is 0. The van der Waals surface area contributed by atoms with Gasteiger partial charge in [0.15, 0.2) is 0 Å². The van der Waals surface area contributed by atoms with Crippen molar-refractivity contribution < 1.29 is 0 Å². The Hall–Kier alpha value is -1.23. The minimum Gasteiger partial charge on any atom is -0.388 e. The molecule has 1 aliphatic heterocycles. The summed E-state index contributed by atoms with van der Waals surface area (Å²) in [5, 5.41) is 0. The van der Waals surface area contributed by atoms with Crippen LogP contribution in [0.4, 0.5) is 5.82 Å². The maximum absolute atomic E-state index is 5.54. The lowest BCUT2D eigenvalue weighted by atomic mass is 9.77. The average Bonchev–Trinajstić information content (AvgIpc) is 2.88. The maximum atomic E-state index is 5.54. The van der Waals surface area contributed by atoms with Gasteiger partial charge >= 0.3 is 0 Å².